The predicted molar refractivity (Wildman–Crippen MR) is 98.2 cm³/mol. The number of amides is 1. The van der Waals surface area contributed by atoms with Crippen molar-refractivity contribution in [2.24, 2.45) is 0 Å². The van der Waals surface area contributed by atoms with Crippen molar-refractivity contribution in [2.75, 3.05) is 19.6 Å². The van der Waals surface area contributed by atoms with Gasteiger partial charge in [-0.3, -0.25) is 4.79 Å². The van der Waals surface area contributed by atoms with Gasteiger partial charge in [0.05, 0.1) is 11.4 Å². The minimum Gasteiger partial charge on any atom is -0.348 e. The molecule has 2 aromatic rings. The predicted octanol–water partition coefficient (Wildman–Crippen LogP) is 2.32. The Hall–Kier alpha value is -2.12. The van der Waals surface area contributed by atoms with Gasteiger partial charge in [0.1, 0.15) is 0 Å². The number of hydrogen-bond donors (Lipinski definition) is 0. The minimum absolute atomic E-state index is 0.0561. The first-order valence-electron chi connectivity index (χ1n) is 9.09. The number of piperidine rings is 1. The second-order valence-electron chi connectivity index (χ2n) is 6.91. The lowest BCUT2D eigenvalue weighted by Gasteiger charge is -2.29. The molecule has 0 atom stereocenters. The van der Waals surface area contributed by atoms with E-state index >= 15 is 0 Å². The Bertz CT molecular complexity index is 896. The number of aromatic nitrogens is 1. The normalized spacial score (nSPS) is 18.5. The van der Waals surface area contributed by atoms with Gasteiger partial charge in [0.25, 0.3) is 5.91 Å². The van der Waals surface area contributed by atoms with Crippen LogP contribution in [0.4, 0.5) is 0 Å². The fourth-order valence-corrected chi connectivity index (χ4v) is 5.21. The Kier molecular flexibility index (Phi) is 4.58. The van der Waals surface area contributed by atoms with Crippen LogP contribution in [0.25, 0.3) is 0 Å². The summed E-state index contributed by atoms with van der Waals surface area (Å²) in [6, 6.07) is 10.4. The Morgan fingerprint density at radius 1 is 0.885 bits per heavy atom. The average molecular weight is 373 g/mol. The van der Waals surface area contributed by atoms with Gasteiger partial charge >= 0.3 is 0 Å². The summed E-state index contributed by atoms with van der Waals surface area (Å²) in [5.41, 5.74) is 1.65. The molecule has 2 aliphatic heterocycles. The van der Waals surface area contributed by atoms with Crippen LogP contribution in [-0.2, 0) is 23.1 Å². The van der Waals surface area contributed by atoms with Gasteiger partial charge in [-0.2, -0.15) is 4.31 Å². The molecule has 0 radical (unpaired) electrons. The lowest BCUT2D eigenvalue weighted by atomic mass is 10.2. The highest BCUT2D eigenvalue weighted by atomic mass is 32.2. The third-order valence-corrected chi connectivity index (χ3v) is 7.14. The van der Waals surface area contributed by atoms with E-state index in [-0.39, 0.29) is 10.8 Å². The zero-order valence-corrected chi connectivity index (χ0v) is 15.5. The van der Waals surface area contributed by atoms with Crippen molar-refractivity contribution in [1.29, 1.82) is 0 Å². The monoisotopic (exact) mass is 373 g/mol. The van der Waals surface area contributed by atoms with E-state index in [4.69, 9.17) is 0 Å². The fourth-order valence-electron chi connectivity index (χ4n) is 3.69. The molecule has 1 saturated heterocycles. The molecule has 0 spiro atoms. The lowest BCUT2D eigenvalue weighted by molar-refractivity contribution is 0.0711. The van der Waals surface area contributed by atoms with Crippen molar-refractivity contribution in [3.8, 4) is 0 Å². The zero-order chi connectivity index (χ0) is 18.1. The van der Waals surface area contributed by atoms with Crippen molar-refractivity contribution in [3.63, 3.8) is 0 Å². The average Bonchev–Trinajstić information content (AvgIpc) is 3.16. The quantitative estimate of drug-likeness (QED) is 0.829. The Morgan fingerprint density at radius 3 is 2.35 bits per heavy atom. The first-order valence-corrected chi connectivity index (χ1v) is 10.5. The number of fused-ring (bicyclic) bond motifs is 1. The first-order chi connectivity index (χ1) is 12.6. The number of hydrogen-bond acceptors (Lipinski definition) is 3. The van der Waals surface area contributed by atoms with Crippen molar-refractivity contribution in [1.82, 2.24) is 13.8 Å². The van der Waals surface area contributed by atoms with Crippen LogP contribution in [0.15, 0.2) is 47.5 Å². The largest absolute Gasteiger partial charge is 0.348 e. The highest BCUT2D eigenvalue weighted by Crippen LogP contribution is 2.22. The Morgan fingerprint density at radius 2 is 1.62 bits per heavy atom. The summed E-state index contributed by atoms with van der Waals surface area (Å²) in [5, 5.41) is 0. The van der Waals surface area contributed by atoms with Crippen LogP contribution >= 0.6 is 0 Å². The maximum atomic E-state index is 12.8. The van der Waals surface area contributed by atoms with Gasteiger partial charge in [0.15, 0.2) is 0 Å². The van der Waals surface area contributed by atoms with Gasteiger partial charge in [-0.25, -0.2) is 8.42 Å². The highest BCUT2D eigenvalue weighted by molar-refractivity contribution is 7.89. The molecule has 0 unspecified atom stereocenters. The van der Waals surface area contributed by atoms with Crippen LogP contribution in [0.3, 0.4) is 0 Å². The molecule has 1 amide bonds. The summed E-state index contributed by atoms with van der Waals surface area (Å²) < 4.78 is 29.1. The molecule has 4 rings (SSSR count). The summed E-state index contributed by atoms with van der Waals surface area (Å²) in [7, 11) is -3.46. The maximum Gasteiger partial charge on any atom is 0.254 e. The molecule has 1 fully saturated rings. The second-order valence-corrected chi connectivity index (χ2v) is 8.85. The van der Waals surface area contributed by atoms with Crippen molar-refractivity contribution < 1.29 is 13.2 Å². The summed E-state index contributed by atoms with van der Waals surface area (Å²) in [6.07, 6.45) is 4.93. The molecule has 0 bridgehead atoms. The van der Waals surface area contributed by atoms with Gasteiger partial charge < -0.3 is 9.47 Å². The van der Waals surface area contributed by atoms with E-state index in [2.05, 4.69) is 4.57 Å². The third-order valence-electron chi connectivity index (χ3n) is 5.23. The van der Waals surface area contributed by atoms with E-state index in [0.717, 1.165) is 31.5 Å². The summed E-state index contributed by atoms with van der Waals surface area (Å²) in [5.74, 6) is -0.0561. The highest BCUT2D eigenvalue weighted by Gasteiger charge is 2.27. The van der Waals surface area contributed by atoms with Gasteiger partial charge in [-0.05, 0) is 49.2 Å². The van der Waals surface area contributed by atoms with Crippen LogP contribution < -0.4 is 0 Å². The van der Waals surface area contributed by atoms with Crippen LogP contribution in [0, 0.1) is 0 Å². The number of benzene rings is 1. The number of nitrogens with zero attached hydrogens (tertiary/aromatic N) is 3. The van der Waals surface area contributed by atoms with E-state index < -0.39 is 10.0 Å². The van der Waals surface area contributed by atoms with Crippen molar-refractivity contribution in [3.05, 3.63) is 53.9 Å². The molecule has 1 aromatic heterocycles. The van der Waals surface area contributed by atoms with Crippen LogP contribution in [-0.4, -0.2) is 47.7 Å². The van der Waals surface area contributed by atoms with Gasteiger partial charge in [-0.15, -0.1) is 0 Å². The standard InChI is InChI=1S/C19H23N3O3S/c23-19(21-14-13-20-10-4-5-17(20)15-21)16-6-8-18(9-7-16)26(24,25)22-11-2-1-3-12-22/h4-10H,1-3,11-15H2. The molecule has 6 nitrogen and oxygen atoms in total. The molecule has 2 aliphatic rings. The second kappa shape index (κ2) is 6.89. The Labute approximate surface area is 154 Å². The van der Waals surface area contributed by atoms with E-state index in [1.807, 2.05) is 23.2 Å². The third kappa shape index (κ3) is 3.17. The molecule has 26 heavy (non-hydrogen) atoms. The molecule has 0 aliphatic carbocycles. The van der Waals surface area contributed by atoms with Crippen molar-refractivity contribution in [2.45, 2.75) is 37.2 Å². The summed E-state index contributed by atoms with van der Waals surface area (Å²) >= 11 is 0. The maximum absolute atomic E-state index is 12.8. The van der Waals surface area contributed by atoms with Crippen molar-refractivity contribution >= 4 is 15.9 Å². The van der Waals surface area contributed by atoms with Gasteiger partial charge in [0, 0.05) is 43.6 Å². The van der Waals surface area contributed by atoms with E-state index in [0.29, 0.717) is 31.7 Å². The first kappa shape index (κ1) is 17.3. The topological polar surface area (TPSA) is 62.6 Å². The molecule has 138 valence electrons. The minimum atomic E-state index is -3.46. The number of carbonyl (C=O) groups is 1. The van der Waals surface area contributed by atoms with E-state index in [1.165, 1.54) is 0 Å². The fraction of sp³-hybridized carbons (Fsp3) is 0.421. The van der Waals surface area contributed by atoms with Crippen LogP contribution in [0.2, 0.25) is 0 Å². The number of sulfonamides is 1. The lowest BCUT2D eigenvalue weighted by Crippen LogP contribution is -2.38. The zero-order valence-electron chi connectivity index (χ0n) is 14.7. The molecule has 1 aromatic carbocycles. The molecular formula is C19H23N3O3S. The Balaban J connectivity index is 1.50. The van der Waals surface area contributed by atoms with Gasteiger partial charge in [-0.1, -0.05) is 6.42 Å². The van der Waals surface area contributed by atoms with E-state index in [1.54, 1.807) is 28.6 Å². The van der Waals surface area contributed by atoms with Gasteiger partial charge in [0.2, 0.25) is 10.0 Å². The molecule has 7 heteroatoms. The van der Waals surface area contributed by atoms with Crippen LogP contribution in [0.5, 0.6) is 0 Å². The molecule has 0 N–H and O–H groups in total. The summed E-state index contributed by atoms with van der Waals surface area (Å²) in [4.78, 5) is 14.8. The van der Waals surface area contributed by atoms with Crippen LogP contribution in [0.1, 0.15) is 35.3 Å². The molecule has 3 heterocycles. The summed E-state index contributed by atoms with van der Waals surface area (Å²) in [6.45, 7) is 3.19. The number of carbonyl (C=O) groups excluding carboxylic acids is 1. The number of rotatable bonds is 3. The molecule has 0 saturated carbocycles. The van der Waals surface area contributed by atoms with E-state index in [9.17, 15) is 13.2 Å². The SMILES string of the molecule is O=C(c1ccc(S(=O)(=O)N2CCCCC2)cc1)N1CCn2cccc2C1. The molecular weight excluding hydrogens is 350 g/mol. The smallest absolute Gasteiger partial charge is 0.254 e.